The second kappa shape index (κ2) is 14.3. The Kier molecular flexibility index (Phi) is 13.7. The molecule has 1 rings (SSSR count). The van der Waals surface area contributed by atoms with E-state index in [1.54, 1.807) is 0 Å². The summed E-state index contributed by atoms with van der Waals surface area (Å²) in [6.45, 7) is 13.1. The Hall–Kier alpha value is -1.05. The Morgan fingerprint density at radius 2 is 1.83 bits per heavy atom. The molecule has 0 fully saturated rings. The molecule has 0 aromatic carbocycles. The van der Waals surface area contributed by atoms with Crippen molar-refractivity contribution in [3.05, 3.63) is 23.9 Å². The molecule has 6 heteroatoms. The first-order chi connectivity index (χ1) is 11.2. The number of rotatable bonds is 10. The lowest BCUT2D eigenvalue weighted by molar-refractivity contribution is 0.683. The SMILES string of the molecule is CCCCCNC(=NCc1ccc(N(CC)CC)nc1)NCC.I. The molecular formula is C18H34IN5. The van der Waals surface area contributed by atoms with E-state index in [-0.39, 0.29) is 24.0 Å². The van der Waals surface area contributed by atoms with Gasteiger partial charge in [-0.25, -0.2) is 9.98 Å². The van der Waals surface area contributed by atoms with Crippen molar-refractivity contribution in [1.82, 2.24) is 15.6 Å². The van der Waals surface area contributed by atoms with Gasteiger partial charge in [0.2, 0.25) is 0 Å². The second-order valence-electron chi connectivity index (χ2n) is 5.53. The summed E-state index contributed by atoms with van der Waals surface area (Å²) in [6, 6.07) is 4.20. The molecule has 0 radical (unpaired) electrons. The van der Waals surface area contributed by atoms with Gasteiger partial charge >= 0.3 is 0 Å². The summed E-state index contributed by atoms with van der Waals surface area (Å²) in [5.74, 6) is 1.92. The largest absolute Gasteiger partial charge is 0.357 e. The average molecular weight is 447 g/mol. The maximum Gasteiger partial charge on any atom is 0.191 e. The van der Waals surface area contributed by atoms with Gasteiger partial charge in [-0.05, 0) is 38.8 Å². The Morgan fingerprint density at radius 1 is 1.08 bits per heavy atom. The van der Waals surface area contributed by atoms with E-state index in [0.717, 1.165) is 43.5 Å². The number of pyridine rings is 1. The lowest BCUT2D eigenvalue weighted by Gasteiger charge is -2.19. The van der Waals surface area contributed by atoms with E-state index in [0.29, 0.717) is 6.54 Å². The van der Waals surface area contributed by atoms with E-state index in [2.05, 4.69) is 65.3 Å². The zero-order valence-corrected chi connectivity index (χ0v) is 18.0. The minimum absolute atomic E-state index is 0. The number of unbranched alkanes of at least 4 members (excludes halogenated alkanes) is 2. The molecule has 24 heavy (non-hydrogen) atoms. The van der Waals surface area contributed by atoms with Crippen molar-refractivity contribution in [1.29, 1.82) is 0 Å². The number of guanidine groups is 1. The highest BCUT2D eigenvalue weighted by Gasteiger charge is 2.03. The van der Waals surface area contributed by atoms with Gasteiger partial charge in [-0.1, -0.05) is 25.8 Å². The normalized spacial score (nSPS) is 10.9. The third-order valence-electron chi connectivity index (χ3n) is 3.73. The maximum atomic E-state index is 4.64. The van der Waals surface area contributed by atoms with Crippen LogP contribution < -0.4 is 15.5 Å². The number of nitrogens with one attached hydrogen (secondary N) is 2. The molecule has 0 bridgehead atoms. The molecule has 1 heterocycles. The third-order valence-corrected chi connectivity index (χ3v) is 3.73. The summed E-state index contributed by atoms with van der Waals surface area (Å²) in [7, 11) is 0. The lowest BCUT2D eigenvalue weighted by atomic mass is 10.2. The molecular weight excluding hydrogens is 413 g/mol. The van der Waals surface area contributed by atoms with Crippen LogP contribution in [0.4, 0.5) is 5.82 Å². The van der Waals surface area contributed by atoms with Crippen molar-refractivity contribution in [2.75, 3.05) is 31.1 Å². The van der Waals surface area contributed by atoms with E-state index in [4.69, 9.17) is 0 Å². The Balaban J connectivity index is 0.00000529. The van der Waals surface area contributed by atoms with Gasteiger partial charge in [0, 0.05) is 32.4 Å². The van der Waals surface area contributed by atoms with Gasteiger partial charge in [0.15, 0.2) is 5.96 Å². The number of halogens is 1. The van der Waals surface area contributed by atoms with Crippen molar-refractivity contribution in [2.24, 2.45) is 4.99 Å². The number of anilines is 1. The van der Waals surface area contributed by atoms with Gasteiger partial charge < -0.3 is 15.5 Å². The molecule has 138 valence electrons. The quantitative estimate of drug-likeness (QED) is 0.248. The predicted octanol–water partition coefficient (Wildman–Crippen LogP) is 3.79. The minimum atomic E-state index is 0. The molecule has 0 saturated heterocycles. The van der Waals surface area contributed by atoms with Gasteiger partial charge in [-0.2, -0.15) is 0 Å². The van der Waals surface area contributed by atoms with Crippen LogP contribution in [0.3, 0.4) is 0 Å². The first kappa shape index (κ1) is 22.9. The van der Waals surface area contributed by atoms with Crippen LogP contribution in [-0.2, 0) is 6.54 Å². The summed E-state index contributed by atoms with van der Waals surface area (Å²) >= 11 is 0. The smallest absolute Gasteiger partial charge is 0.191 e. The molecule has 0 aliphatic carbocycles. The van der Waals surface area contributed by atoms with E-state index >= 15 is 0 Å². The van der Waals surface area contributed by atoms with Crippen LogP contribution in [0, 0.1) is 0 Å². The maximum absolute atomic E-state index is 4.64. The fourth-order valence-corrected chi connectivity index (χ4v) is 2.34. The summed E-state index contributed by atoms with van der Waals surface area (Å²) in [5, 5.41) is 6.67. The van der Waals surface area contributed by atoms with E-state index < -0.39 is 0 Å². The number of hydrogen-bond donors (Lipinski definition) is 2. The average Bonchev–Trinajstić information content (AvgIpc) is 2.58. The van der Waals surface area contributed by atoms with Crippen LogP contribution in [0.25, 0.3) is 0 Å². The summed E-state index contributed by atoms with van der Waals surface area (Å²) in [6.07, 6.45) is 5.60. The van der Waals surface area contributed by atoms with Gasteiger partial charge in [0.1, 0.15) is 5.82 Å². The molecule has 0 spiro atoms. The Morgan fingerprint density at radius 3 is 2.38 bits per heavy atom. The van der Waals surface area contributed by atoms with Crippen LogP contribution in [0.2, 0.25) is 0 Å². The number of hydrogen-bond acceptors (Lipinski definition) is 3. The highest BCUT2D eigenvalue weighted by Crippen LogP contribution is 2.11. The predicted molar refractivity (Wildman–Crippen MR) is 116 cm³/mol. The summed E-state index contributed by atoms with van der Waals surface area (Å²) < 4.78 is 0. The van der Waals surface area contributed by atoms with Crippen molar-refractivity contribution in [3.63, 3.8) is 0 Å². The fraction of sp³-hybridized carbons (Fsp3) is 0.667. The minimum Gasteiger partial charge on any atom is -0.357 e. The van der Waals surface area contributed by atoms with Crippen LogP contribution in [0.1, 0.15) is 52.5 Å². The van der Waals surface area contributed by atoms with Crippen molar-refractivity contribution in [2.45, 2.75) is 53.5 Å². The topological polar surface area (TPSA) is 52.6 Å². The first-order valence-electron chi connectivity index (χ1n) is 8.97. The molecule has 0 unspecified atom stereocenters. The standard InChI is InChI=1S/C18H33N5.HI/c1-5-9-10-13-20-18(19-6-2)22-15-16-11-12-17(21-14-16)23(7-3)8-4;/h11-12,14H,5-10,13,15H2,1-4H3,(H2,19,20,22);1H. The van der Waals surface area contributed by atoms with Crippen molar-refractivity contribution >= 4 is 35.8 Å². The Bertz CT molecular complexity index is 443. The Labute approximate surface area is 164 Å². The molecule has 2 N–H and O–H groups in total. The molecule has 0 aliphatic rings. The molecule has 0 atom stereocenters. The monoisotopic (exact) mass is 447 g/mol. The van der Waals surface area contributed by atoms with Crippen LogP contribution in [0.15, 0.2) is 23.3 Å². The number of nitrogens with zero attached hydrogens (tertiary/aromatic N) is 3. The molecule has 1 aromatic heterocycles. The van der Waals surface area contributed by atoms with Crippen molar-refractivity contribution < 1.29 is 0 Å². The third kappa shape index (κ3) is 8.70. The number of aliphatic imine (C=N–C) groups is 1. The van der Waals surface area contributed by atoms with Crippen LogP contribution in [0.5, 0.6) is 0 Å². The van der Waals surface area contributed by atoms with Crippen LogP contribution >= 0.6 is 24.0 Å². The number of aromatic nitrogens is 1. The van der Waals surface area contributed by atoms with Gasteiger partial charge in [-0.15, -0.1) is 24.0 Å². The van der Waals surface area contributed by atoms with E-state index in [1.807, 2.05) is 6.20 Å². The van der Waals surface area contributed by atoms with Gasteiger partial charge in [0.05, 0.1) is 6.54 Å². The zero-order valence-electron chi connectivity index (χ0n) is 15.6. The van der Waals surface area contributed by atoms with Crippen molar-refractivity contribution in [3.8, 4) is 0 Å². The van der Waals surface area contributed by atoms with E-state index in [9.17, 15) is 0 Å². The van der Waals surface area contributed by atoms with Gasteiger partial charge in [0.25, 0.3) is 0 Å². The first-order valence-corrected chi connectivity index (χ1v) is 8.97. The summed E-state index contributed by atoms with van der Waals surface area (Å²) in [5.41, 5.74) is 1.13. The van der Waals surface area contributed by atoms with E-state index in [1.165, 1.54) is 19.3 Å². The molecule has 0 amide bonds. The molecule has 0 aliphatic heterocycles. The molecule has 5 nitrogen and oxygen atoms in total. The molecule has 0 saturated carbocycles. The molecule has 1 aromatic rings. The lowest BCUT2D eigenvalue weighted by Crippen LogP contribution is -2.37. The highest BCUT2D eigenvalue weighted by molar-refractivity contribution is 14.0. The van der Waals surface area contributed by atoms with Crippen LogP contribution in [-0.4, -0.2) is 37.1 Å². The fourth-order valence-electron chi connectivity index (χ4n) is 2.34. The summed E-state index contributed by atoms with van der Waals surface area (Å²) in [4.78, 5) is 11.4. The second-order valence-corrected chi connectivity index (χ2v) is 5.53. The van der Waals surface area contributed by atoms with Gasteiger partial charge in [-0.3, -0.25) is 0 Å². The zero-order chi connectivity index (χ0) is 16.9. The highest BCUT2D eigenvalue weighted by atomic mass is 127.